The Morgan fingerprint density at radius 2 is 1.91 bits per heavy atom. The molecule has 8 nitrogen and oxygen atoms in total. The zero-order valence-corrected chi connectivity index (χ0v) is 19.2. The number of halogens is 2. The van der Waals surface area contributed by atoms with Crippen LogP contribution in [0.4, 0.5) is 15.9 Å². The number of nitrogens with one attached hydrogen (secondary N) is 1. The Kier molecular flexibility index (Phi) is 6.52. The van der Waals surface area contributed by atoms with Crippen molar-refractivity contribution in [2.45, 2.75) is 43.3 Å². The summed E-state index contributed by atoms with van der Waals surface area (Å²) in [5.74, 6) is -0.142. The third kappa shape index (κ3) is 4.66. The van der Waals surface area contributed by atoms with Crippen molar-refractivity contribution < 1.29 is 17.6 Å². The second-order valence-electron chi connectivity index (χ2n) is 7.98. The van der Waals surface area contributed by atoms with Crippen LogP contribution >= 0.6 is 11.6 Å². The molecule has 1 N–H and O–H groups in total. The van der Waals surface area contributed by atoms with Crippen molar-refractivity contribution in [2.24, 2.45) is 0 Å². The summed E-state index contributed by atoms with van der Waals surface area (Å²) >= 11 is 5.79. The zero-order chi connectivity index (χ0) is 22.9. The van der Waals surface area contributed by atoms with Crippen molar-refractivity contribution in [1.29, 1.82) is 0 Å². The van der Waals surface area contributed by atoms with Crippen LogP contribution in [0.5, 0.6) is 0 Å². The van der Waals surface area contributed by atoms with Crippen LogP contribution in [0.2, 0.25) is 5.02 Å². The molecule has 0 aromatic carbocycles. The first kappa shape index (κ1) is 22.7. The Morgan fingerprint density at radius 1 is 1.16 bits per heavy atom. The maximum atomic E-state index is 14.2. The van der Waals surface area contributed by atoms with E-state index in [-0.39, 0.29) is 33.8 Å². The summed E-state index contributed by atoms with van der Waals surface area (Å²) in [5, 5.41) is 3.47. The van der Waals surface area contributed by atoms with Gasteiger partial charge in [0.25, 0.3) is 0 Å². The van der Waals surface area contributed by atoms with E-state index in [9.17, 15) is 17.6 Å². The standard InChI is InChI=1S/C21H25ClFN5O3S/c1-2-32(30,31)19-4-3-15(13-24-19)26-18-7-10-28(21(18)29)16-5-8-27(9-6-16)20-17(23)11-14(22)12-25-20/h3-4,11-13,16,18,26H,2,5-10H2,1H3. The molecule has 1 amide bonds. The Balaban J connectivity index is 1.34. The molecule has 0 spiro atoms. The van der Waals surface area contributed by atoms with Gasteiger partial charge in [0.15, 0.2) is 26.5 Å². The Hall–Kier alpha value is -2.46. The fraction of sp³-hybridized carbons (Fsp3) is 0.476. The van der Waals surface area contributed by atoms with E-state index in [4.69, 9.17) is 11.6 Å². The number of amides is 1. The molecule has 0 radical (unpaired) electrons. The van der Waals surface area contributed by atoms with Crippen molar-refractivity contribution in [2.75, 3.05) is 35.6 Å². The van der Waals surface area contributed by atoms with Gasteiger partial charge in [0.1, 0.15) is 6.04 Å². The summed E-state index contributed by atoms with van der Waals surface area (Å²) < 4.78 is 38.0. The Morgan fingerprint density at radius 3 is 2.53 bits per heavy atom. The molecule has 32 heavy (non-hydrogen) atoms. The number of rotatable bonds is 6. The lowest BCUT2D eigenvalue weighted by molar-refractivity contribution is -0.130. The van der Waals surface area contributed by atoms with Crippen molar-refractivity contribution in [3.05, 3.63) is 41.4 Å². The van der Waals surface area contributed by atoms with E-state index in [0.29, 0.717) is 37.6 Å². The summed E-state index contributed by atoms with van der Waals surface area (Å²) in [6.45, 7) is 3.43. The van der Waals surface area contributed by atoms with Crippen LogP contribution in [0.3, 0.4) is 0 Å². The molecule has 2 aliphatic heterocycles. The van der Waals surface area contributed by atoms with Crippen LogP contribution in [-0.4, -0.2) is 66.7 Å². The summed E-state index contributed by atoms with van der Waals surface area (Å²) in [6, 6.07) is 4.07. The molecule has 0 aliphatic carbocycles. The topological polar surface area (TPSA) is 95.5 Å². The van der Waals surface area contributed by atoms with Crippen LogP contribution in [0.15, 0.2) is 35.6 Å². The molecule has 2 aliphatic rings. The summed E-state index contributed by atoms with van der Waals surface area (Å²) in [7, 11) is -3.36. The number of sulfone groups is 1. The van der Waals surface area contributed by atoms with E-state index < -0.39 is 15.7 Å². The summed E-state index contributed by atoms with van der Waals surface area (Å²) in [5.41, 5.74) is 0.611. The lowest BCUT2D eigenvalue weighted by Gasteiger charge is -2.37. The number of hydrogen-bond donors (Lipinski definition) is 1. The lowest BCUT2D eigenvalue weighted by Crippen LogP contribution is -2.47. The summed E-state index contributed by atoms with van der Waals surface area (Å²) in [4.78, 5) is 24.9. The molecule has 2 fully saturated rings. The maximum absolute atomic E-state index is 14.2. The lowest BCUT2D eigenvalue weighted by atomic mass is 10.0. The van der Waals surface area contributed by atoms with Gasteiger partial charge >= 0.3 is 0 Å². The van der Waals surface area contributed by atoms with Gasteiger partial charge in [-0.1, -0.05) is 18.5 Å². The SMILES string of the molecule is CCS(=O)(=O)c1ccc(NC2CCN(C3CCN(c4ncc(Cl)cc4F)CC3)C2=O)cn1. The first-order chi connectivity index (χ1) is 15.3. The molecule has 4 rings (SSSR count). The van der Waals surface area contributed by atoms with Crippen molar-refractivity contribution in [1.82, 2.24) is 14.9 Å². The quantitative estimate of drug-likeness (QED) is 0.677. The second-order valence-corrected chi connectivity index (χ2v) is 10.6. The fourth-order valence-corrected chi connectivity index (χ4v) is 5.16. The zero-order valence-electron chi connectivity index (χ0n) is 17.7. The Bertz CT molecular complexity index is 1090. The predicted octanol–water partition coefficient (Wildman–Crippen LogP) is 2.74. The number of carbonyl (C=O) groups excluding carboxylic acids is 1. The largest absolute Gasteiger partial charge is 0.372 e. The van der Waals surface area contributed by atoms with Gasteiger partial charge in [-0.05, 0) is 37.5 Å². The molecule has 0 bridgehead atoms. The van der Waals surface area contributed by atoms with Crippen LogP contribution in [0, 0.1) is 5.82 Å². The highest BCUT2D eigenvalue weighted by Crippen LogP contribution is 2.28. The van der Waals surface area contributed by atoms with E-state index >= 15 is 0 Å². The van der Waals surface area contributed by atoms with Crippen LogP contribution in [0.1, 0.15) is 26.2 Å². The number of hydrogen-bond acceptors (Lipinski definition) is 7. The highest BCUT2D eigenvalue weighted by molar-refractivity contribution is 7.91. The van der Waals surface area contributed by atoms with Gasteiger partial charge in [0.2, 0.25) is 5.91 Å². The molecular weight excluding hydrogens is 457 g/mol. The van der Waals surface area contributed by atoms with E-state index in [2.05, 4.69) is 15.3 Å². The maximum Gasteiger partial charge on any atom is 0.245 e. The first-order valence-electron chi connectivity index (χ1n) is 10.6. The number of carbonyl (C=O) groups is 1. The van der Waals surface area contributed by atoms with Gasteiger partial charge in [-0.2, -0.15) is 0 Å². The van der Waals surface area contributed by atoms with Gasteiger partial charge < -0.3 is 15.1 Å². The number of anilines is 2. The molecule has 2 aromatic heterocycles. The first-order valence-corrected chi connectivity index (χ1v) is 12.6. The van der Waals surface area contributed by atoms with E-state index in [1.807, 2.05) is 9.80 Å². The molecule has 1 unspecified atom stereocenters. The monoisotopic (exact) mass is 481 g/mol. The molecular formula is C21H25ClFN5O3S. The van der Waals surface area contributed by atoms with E-state index in [0.717, 1.165) is 12.8 Å². The van der Waals surface area contributed by atoms with Gasteiger partial charge in [-0.3, -0.25) is 4.79 Å². The average molecular weight is 482 g/mol. The number of aromatic nitrogens is 2. The molecule has 2 saturated heterocycles. The Labute approximate surface area is 191 Å². The number of pyridine rings is 2. The third-order valence-corrected chi connectivity index (χ3v) is 7.85. The molecule has 1 atom stereocenters. The smallest absolute Gasteiger partial charge is 0.245 e. The molecule has 172 valence electrons. The van der Waals surface area contributed by atoms with E-state index in [1.165, 1.54) is 24.5 Å². The van der Waals surface area contributed by atoms with Gasteiger partial charge in [-0.25, -0.2) is 22.8 Å². The van der Waals surface area contributed by atoms with Crippen molar-refractivity contribution in [3.8, 4) is 0 Å². The molecule has 2 aromatic rings. The minimum Gasteiger partial charge on any atom is -0.372 e. The summed E-state index contributed by atoms with van der Waals surface area (Å²) in [6.07, 6.45) is 5.00. The van der Waals surface area contributed by atoms with Crippen LogP contribution in [0.25, 0.3) is 0 Å². The minimum atomic E-state index is -3.36. The van der Waals surface area contributed by atoms with Crippen LogP contribution < -0.4 is 10.2 Å². The second kappa shape index (κ2) is 9.19. The highest BCUT2D eigenvalue weighted by atomic mass is 35.5. The molecule has 0 saturated carbocycles. The van der Waals surface area contributed by atoms with Gasteiger partial charge in [0.05, 0.1) is 22.7 Å². The molecule has 4 heterocycles. The molecule has 11 heteroatoms. The fourth-order valence-electron chi connectivity index (χ4n) is 4.23. The van der Waals surface area contributed by atoms with E-state index in [1.54, 1.807) is 13.0 Å². The van der Waals surface area contributed by atoms with Crippen LogP contribution in [-0.2, 0) is 14.6 Å². The average Bonchev–Trinajstić information content (AvgIpc) is 3.14. The van der Waals surface area contributed by atoms with Crippen molar-refractivity contribution in [3.63, 3.8) is 0 Å². The van der Waals surface area contributed by atoms with Gasteiger partial charge in [-0.15, -0.1) is 0 Å². The third-order valence-electron chi connectivity index (χ3n) is 6.01. The predicted molar refractivity (Wildman–Crippen MR) is 120 cm³/mol. The van der Waals surface area contributed by atoms with Crippen molar-refractivity contribution >= 4 is 38.9 Å². The number of likely N-dealkylation sites (tertiary alicyclic amines) is 1. The minimum absolute atomic E-state index is 0.0115. The number of nitrogens with zero attached hydrogens (tertiary/aromatic N) is 4. The number of piperidine rings is 1. The highest BCUT2D eigenvalue weighted by Gasteiger charge is 2.37. The normalized spacial score (nSPS) is 20.1. The van der Waals surface area contributed by atoms with Gasteiger partial charge in [0, 0.05) is 31.9 Å².